The highest BCUT2D eigenvalue weighted by Crippen LogP contribution is 2.25. The van der Waals surface area contributed by atoms with Gasteiger partial charge in [-0.05, 0) is 13.0 Å². The van der Waals surface area contributed by atoms with Crippen molar-refractivity contribution in [2.45, 2.75) is 12.5 Å². The van der Waals surface area contributed by atoms with Crippen molar-refractivity contribution in [1.82, 2.24) is 29.3 Å². The van der Waals surface area contributed by atoms with Crippen molar-refractivity contribution in [3.05, 3.63) is 30.9 Å². The van der Waals surface area contributed by atoms with Crippen molar-refractivity contribution in [1.29, 1.82) is 0 Å². The first kappa shape index (κ1) is 17.3. The number of hydrogen-bond acceptors (Lipinski definition) is 6. The molecule has 10 nitrogen and oxygen atoms in total. The van der Waals surface area contributed by atoms with Gasteiger partial charge in [-0.15, -0.1) is 0 Å². The largest absolute Gasteiger partial charge is 0.473 e. The first-order valence-electron chi connectivity index (χ1n) is 8.52. The number of hydrogen-bond donors (Lipinski definition) is 1. The van der Waals surface area contributed by atoms with Gasteiger partial charge in [0.1, 0.15) is 17.7 Å². The summed E-state index contributed by atoms with van der Waals surface area (Å²) in [4.78, 5) is 17.2. The van der Waals surface area contributed by atoms with Crippen molar-refractivity contribution >= 4 is 11.6 Å². The number of carbonyl (C=O) groups is 1. The molecule has 0 saturated carbocycles. The van der Waals surface area contributed by atoms with Crippen LogP contribution in [0.3, 0.4) is 0 Å². The van der Waals surface area contributed by atoms with Gasteiger partial charge in [0.05, 0.1) is 37.4 Å². The highest BCUT2D eigenvalue weighted by molar-refractivity contribution is 5.65. The van der Waals surface area contributed by atoms with Crippen LogP contribution in [0.4, 0.5) is 4.79 Å². The third-order valence-corrected chi connectivity index (χ3v) is 4.48. The molecule has 1 saturated heterocycles. The predicted molar refractivity (Wildman–Crippen MR) is 94.6 cm³/mol. The SMILES string of the molecule is Cn1cc(-c2cn3nccc3c(OC[C@@]3(C)CN(C(=O)O)CCO3)n2)cn1. The number of fused-ring (bicyclic) bond motifs is 1. The van der Waals surface area contributed by atoms with E-state index in [2.05, 4.69) is 15.2 Å². The number of aromatic nitrogens is 5. The van der Waals surface area contributed by atoms with Crippen molar-refractivity contribution in [2.24, 2.45) is 7.05 Å². The molecule has 3 aromatic rings. The molecule has 0 bridgehead atoms. The quantitative estimate of drug-likeness (QED) is 0.735. The molecule has 1 N–H and O–H groups in total. The zero-order valence-electron chi connectivity index (χ0n) is 15.1. The Hall–Kier alpha value is -3.14. The first-order chi connectivity index (χ1) is 12.9. The zero-order chi connectivity index (χ0) is 19.0. The molecule has 1 aliphatic heterocycles. The monoisotopic (exact) mass is 372 g/mol. The van der Waals surface area contributed by atoms with Crippen molar-refractivity contribution in [2.75, 3.05) is 26.3 Å². The lowest BCUT2D eigenvalue weighted by atomic mass is 10.1. The van der Waals surface area contributed by atoms with E-state index in [4.69, 9.17) is 9.47 Å². The van der Waals surface area contributed by atoms with Crippen LogP contribution in [-0.4, -0.2) is 72.4 Å². The molecule has 0 aliphatic carbocycles. The van der Waals surface area contributed by atoms with E-state index in [0.29, 0.717) is 24.7 Å². The molecule has 1 atom stereocenters. The number of ether oxygens (including phenoxy) is 2. The fourth-order valence-corrected chi connectivity index (χ4v) is 3.10. The first-order valence-corrected chi connectivity index (χ1v) is 8.52. The van der Waals surface area contributed by atoms with Crippen molar-refractivity contribution in [3.8, 4) is 17.1 Å². The molecule has 0 spiro atoms. The maximum atomic E-state index is 11.3. The third kappa shape index (κ3) is 3.43. The van der Waals surface area contributed by atoms with E-state index in [9.17, 15) is 9.90 Å². The summed E-state index contributed by atoms with van der Waals surface area (Å²) in [6.07, 6.45) is 6.10. The van der Waals surface area contributed by atoms with Crippen LogP contribution in [0.5, 0.6) is 5.88 Å². The summed E-state index contributed by atoms with van der Waals surface area (Å²) >= 11 is 0. The lowest BCUT2D eigenvalue weighted by Crippen LogP contribution is -2.54. The van der Waals surface area contributed by atoms with E-state index in [-0.39, 0.29) is 13.2 Å². The lowest BCUT2D eigenvalue weighted by molar-refractivity contribution is -0.110. The van der Waals surface area contributed by atoms with Crippen LogP contribution in [0.15, 0.2) is 30.9 Å². The third-order valence-electron chi connectivity index (χ3n) is 4.48. The average molecular weight is 372 g/mol. The molecule has 1 fully saturated rings. The Balaban J connectivity index is 1.60. The minimum Gasteiger partial charge on any atom is -0.473 e. The van der Waals surface area contributed by atoms with E-state index >= 15 is 0 Å². The predicted octanol–water partition coefficient (Wildman–Crippen LogP) is 1.28. The normalized spacial score (nSPS) is 20.1. The minimum atomic E-state index is -0.959. The summed E-state index contributed by atoms with van der Waals surface area (Å²) in [7, 11) is 1.84. The van der Waals surface area contributed by atoms with Crippen LogP contribution in [0, 0.1) is 0 Å². The van der Waals surface area contributed by atoms with Gasteiger partial charge in [-0.2, -0.15) is 10.2 Å². The second kappa shape index (κ2) is 6.54. The second-order valence-electron chi connectivity index (χ2n) is 6.79. The Labute approximate surface area is 154 Å². The van der Waals surface area contributed by atoms with Gasteiger partial charge in [0, 0.05) is 25.4 Å². The summed E-state index contributed by atoms with van der Waals surface area (Å²) in [5.74, 6) is 0.408. The van der Waals surface area contributed by atoms with E-state index in [1.165, 1.54) is 4.90 Å². The number of aryl methyl sites for hydroxylation is 1. The number of carboxylic acid groups (broad SMARTS) is 1. The molecule has 10 heteroatoms. The Morgan fingerprint density at radius 2 is 2.26 bits per heavy atom. The van der Waals surface area contributed by atoms with E-state index in [0.717, 1.165) is 11.1 Å². The van der Waals surface area contributed by atoms with Gasteiger partial charge < -0.3 is 19.5 Å². The summed E-state index contributed by atoms with van der Waals surface area (Å²) in [5, 5.41) is 17.7. The van der Waals surface area contributed by atoms with E-state index < -0.39 is 11.7 Å². The number of rotatable bonds is 4. The molecule has 3 aromatic heterocycles. The molecule has 1 aliphatic rings. The van der Waals surface area contributed by atoms with Crippen LogP contribution in [0.25, 0.3) is 16.8 Å². The van der Waals surface area contributed by atoms with Gasteiger partial charge in [0.25, 0.3) is 0 Å². The highest BCUT2D eigenvalue weighted by Gasteiger charge is 2.35. The molecule has 142 valence electrons. The van der Waals surface area contributed by atoms with E-state index in [1.807, 2.05) is 32.4 Å². The molecular formula is C17H20N6O4. The van der Waals surface area contributed by atoms with Gasteiger partial charge in [-0.3, -0.25) is 4.68 Å². The molecule has 1 amide bonds. The summed E-state index contributed by atoms with van der Waals surface area (Å²) < 4.78 is 15.1. The standard InChI is InChI=1S/C17H20N6O4/c1-17(10-22(16(24)25)5-6-27-17)11-26-15-14-3-4-18-23(14)9-13(20-15)12-7-19-21(2)8-12/h3-4,7-9H,5-6,10-11H2,1-2H3,(H,24,25)/t17-/m1/s1. The Kier molecular flexibility index (Phi) is 4.19. The van der Waals surface area contributed by atoms with Gasteiger partial charge >= 0.3 is 6.09 Å². The molecule has 0 aromatic carbocycles. The Bertz CT molecular complexity index is 983. The van der Waals surface area contributed by atoms with Gasteiger partial charge in [-0.1, -0.05) is 0 Å². The van der Waals surface area contributed by atoms with Crippen LogP contribution in [-0.2, 0) is 11.8 Å². The number of amides is 1. The lowest BCUT2D eigenvalue weighted by Gasteiger charge is -2.38. The molecule has 27 heavy (non-hydrogen) atoms. The summed E-state index contributed by atoms with van der Waals surface area (Å²) in [6.45, 7) is 2.92. The van der Waals surface area contributed by atoms with E-state index in [1.54, 1.807) is 21.6 Å². The van der Waals surface area contributed by atoms with Gasteiger partial charge in [-0.25, -0.2) is 14.3 Å². The fourth-order valence-electron chi connectivity index (χ4n) is 3.10. The van der Waals surface area contributed by atoms with Crippen molar-refractivity contribution in [3.63, 3.8) is 0 Å². The average Bonchev–Trinajstić information content (AvgIpc) is 3.28. The van der Waals surface area contributed by atoms with Crippen molar-refractivity contribution < 1.29 is 19.4 Å². The molecular weight excluding hydrogens is 352 g/mol. The topological polar surface area (TPSA) is 107 Å². The molecule has 0 unspecified atom stereocenters. The van der Waals surface area contributed by atoms with Crippen LogP contribution >= 0.6 is 0 Å². The number of morpholine rings is 1. The van der Waals surface area contributed by atoms with Crippen LogP contribution in [0.1, 0.15) is 6.92 Å². The Morgan fingerprint density at radius 3 is 3.00 bits per heavy atom. The maximum absolute atomic E-state index is 11.3. The highest BCUT2D eigenvalue weighted by atomic mass is 16.5. The zero-order valence-corrected chi connectivity index (χ0v) is 15.1. The molecule has 0 radical (unpaired) electrons. The molecule has 4 heterocycles. The van der Waals surface area contributed by atoms with Gasteiger partial charge in [0.15, 0.2) is 0 Å². The minimum absolute atomic E-state index is 0.168. The Morgan fingerprint density at radius 1 is 1.41 bits per heavy atom. The smallest absolute Gasteiger partial charge is 0.407 e. The fraction of sp³-hybridized carbons (Fsp3) is 0.412. The van der Waals surface area contributed by atoms with Gasteiger partial charge in [0.2, 0.25) is 5.88 Å². The maximum Gasteiger partial charge on any atom is 0.407 e. The number of nitrogens with zero attached hydrogens (tertiary/aromatic N) is 6. The summed E-state index contributed by atoms with van der Waals surface area (Å²) in [6, 6.07) is 1.81. The van der Waals surface area contributed by atoms with Crippen LogP contribution < -0.4 is 4.74 Å². The summed E-state index contributed by atoms with van der Waals surface area (Å²) in [5.41, 5.74) is 1.49. The second-order valence-corrected chi connectivity index (χ2v) is 6.79. The van der Waals surface area contributed by atoms with Crippen LogP contribution in [0.2, 0.25) is 0 Å². The molecule has 4 rings (SSSR count).